The van der Waals surface area contributed by atoms with E-state index < -0.39 is 0 Å². The van der Waals surface area contributed by atoms with Crippen molar-refractivity contribution in [3.63, 3.8) is 0 Å². The summed E-state index contributed by atoms with van der Waals surface area (Å²) in [5.74, 6) is 0.348. The molecule has 1 aromatic rings. The van der Waals surface area contributed by atoms with Crippen LogP contribution in [0.5, 0.6) is 0 Å². The molecule has 1 N–H and O–H groups in total. The van der Waals surface area contributed by atoms with Crippen LogP contribution in [0.25, 0.3) is 0 Å². The van der Waals surface area contributed by atoms with E-state index in [2.05, 4.69) is 12.2 Å². The van der Waals surface area contributed by atoms with Crippen LogP contribution < -0.4 is 5.32 Å². The van der Waals surface area contributed by atoms with Gasteiger partial charge in [-0.25, -0.2) is 0 Å². The molecule has 0 aromatic heterocycles. The Labute approximate surface area is 91.7 Å². The van der Waals surface area contributed by atoms with Crippen LogP contribution in [0.3, 0.4) is 0 Å². The fourth-order valence-corrected chi connectivity index (χ4v) is 1.74. The summed E-state index contributed by atoms with van der Waals surface area (Å²) < 4.78 is 0. The second-order valence-corrected chi connectivity index (χ2v) is 3.84. The largest absolute Gasteiger partial charge is 0.319 e. The van der Waals surface area contributed by atoms with E-state index >= 15 is 0 Å². The van der Waals surface area contributed by atoms with Gasteiger partial charge in [0.2, 0.25) is 0 Å². The highest BCUT2D eigenvalue weighted by atomic mass is 16.1. The Hall–Kier alpha value is -1.15. The number of Topliss-reactive ketones (excluding diaryl/α,β-unsaturated/α-hetero) is 1. The van der Waals surface area contributed by atoms with Crippen molar-refractivity contribution in [2.24, 2.45) is 5.92 Å². The molecule has 0 radical (unpaired) electrons. The monoisotopic (exact) mass is 205 g/mol. The number of ketones is 1. The number of nitrogens with one attached hydrogen (secondary N) is 1. The number of aryl methyl sites for hydroxylation is 1. The Morgan fingerprint density at radius 1 is 1.40 bits per heavy atom. The second kappa shape index (κ2) is 5.66. The third-order valence-corrected chi connectivity index (χ3v) is 2.72. The average Bonchev–Trinajstić information content (AvgIpc) is 2.25. The molecule has 0 amide bonds. The van der Waals surface area contributed by atoms with Gasteiger partial charge < -0.3 is 5.32 Å². The normalized spacial score (nSPS) is 12.5. The summed E-state index contributed by atoms with van der Waals surface area (Å²) in [6.45, 7) is 4.79. The van der Waals surface area contributed by atoms with Gasteiger partial charge in [0.05, 0.1) is 0 Å². The van der Waals surface area contributed by atoms with Crippen molar-refractivity contribution in [3.05, 3.63) is 35.4 Å². The molecule has 2 nitrogen and oxygen atoms in total. The number of rotatable bonds is 5. The van der Waals surface area contributed by atoms with E-state index in [1.54, 1.807) is 0 Å². The average molecular weight is 205 g/mol. The van der Waals surface area contributed by atoms with E-state index in [0.717, 1.165) is 24.1 Å². The SMILES string of the molecule is CCC(CNC)C(=O)c1ccccc1C. The zero-order chi connectivity index (χ0) is 11.3. The van der Waals surface area contributed by atoms with Gasteiger partial charge in [-0.05, 0) is 26.0 Å². The van der Waals surface area contributed by atoms with Crippen LogP contribution in [0.4, 0.5) is 0 Å². The summed E-state index contributed by atoms with van der Waals surface area (Å²) in [4.78, 5) is 12.1. The predicted molar refractivity (Wildman–Crippen MR) is 63.2 cm³/mol. The molecule has 0 spiro atoms. The van der Waals surface area contributed by atoms with Crippen LogP contribution >= 0.6 is 0 Å². The quantitative estimate of drug-likeness (QED) is 0.748. The van der Waals surface area contributed by atoms with Gasteiger partial charge in [-0.3, -0.25) is 4.79 Å². The highest BCUT2D eigenvalue weighted by Gasteiger charge is 2.18. The van der Waals surface area contributed by atoms with Crippen LogP contribution in [0.15, 0.2) is 24.3 Å². The van der Waals surface area contributed by atoms with Crippen molar-refractivity contribution >= 4 is 5.78 Å². The number of carbonyl (C=O) groups is 1. The van der Waals surface area contributed by atoms with Crippen LogP contribution in [-0.2, 0) is 0 Å². The van der Waals surface area contributed by atoms with E-state index in [4.69, 9.17) is 0 Å². The maximum atomic E-state index is 12.1. The number of benzene rings is 1. The molecule has 1 unspecified atom stereocenters. The maximum Gasteiger partial charge on any atom is 0.167 e. The van der Waals surface area contributed by atoms with Crippen LogP contribution in [0.2, 0.25) is 0 Å². The molecular weight excluding hydrogens is 186 g/mol. The van der Waals surface area contributed by atoms with E-state index in [-0.39, 0.29) is 11.7 Å². The van der Waals surface area contributed by atoms with Crippen molar-refractivity contribution in [2.75, 3.05) is 13.6 Å². The lowest BCUT2D eigenvalue weighted by Crippen LogP contribution is -2.26. The number of hydrogen-bond donors (Lipinski definition) is 1. The Morgan fingerprint density at radius 3 is 2.60 bits per heavy atom. The third-order valence-electron chi connectivity index (χ3n) is 2.72. The second-order valence-electron chi connectivity index (χ2n) is 3.84. The minimum atomic E-state index is 0.0936. The molecule has 0 saturated carbocycles. The first-order chi connectivity index (χ1) is 7.20. The lowest BCUT2D eigenvalue weighted by atomic mass is 9.92. The molecule has 82 valence electrons. The molecule has 1 atom stereocenters. The maximum absolute atomic E-state index is 12.1. The number of carbonyl (C=O) groups excluding carboxylic acids is 1. The topological polar surface area (TPSA) is 29.1 Å². The lowest BCUT2D eigenvalue weighted by Gasteiger charge is -2.14. The molecule has 0 heterocycles. The summed E-state index contributed by atoms with van der Waals surface area (Å²) in [5.41, 5.74) is 1.93. The smallest absolute Gasteiger partial charge is 0.167 e. The van der Waals surface area contributed by atoms with Crippen molar-refractivity contribution in [3.8, 4) is 0 Å². The highest BCUT2D eigenvalue weighted by Crippen LogP contribution is 2.15. The summed E-state index contributed by atoms with van der Waals surface area (Å²) in [7, 11) is 1.88. The van der Waals surface area contributed by atoms with Gasteiger partial charge in [0.1, 0.15) is 0 Å². The molecule has 0 fully saturated rings. The minimum absolute atomic E-state index is 0.0936. The van der Waals surface area contributed by atoms with Crippen molar-refractivity contribution in [2.45, 2.75) is 20.3 Å². The first-order valence-corrected chi connectivity index (χ1v) is 5.45. The van der Waals surface area contributed by atoms with E-state index in [1.807, 2.05) is 38.2 Å². The van der Waals surface area contributed by atoms with Crippen LogP contribution in [-0.4, -0.2) is 19.4 Å². The molecule has 1 rings (SSSR count). The molecule has 0 aliphatic rings. The first kappa shape index (κ1) is 11.9. The zero-order valence-corrected chi connectivity index (χ0v) is 9.71. The summed E-state index contributed by atoms with van der Waals surface area (Å²) >= 11 is 0. The Bertz CT molecular complexity index is 333. The van der Waals surface area contributed by atoms with E-state index in [9.17, 15) is 4.79 Å². The molecule has 0 saturated heterocycles. The molecular formula is C13H19NO. The Balaban J connectivity index is 2.88. The highest BCUT2D eigenvalue weighted by molar-refractivity contribution is 5.99. The minimum Gasteiger partial charge on any atom is -0.319 e. The molecule has 0 bridgehead atoms. The first-order valence-electron chi connectivity index (χ1n) is 5.45. The Kier molecular flexibility index (Phi) is 4.50. The molecule has 0 aliphatic carbocycles. The molecule has 1 aromatic carbocycles. The van der Waals surface area contributed by atoms with Crippen LogP contribution in [0.1, 0.15) is 29.3 Å². The van der Waals surface area contributed by atoms with Gasteiger partial charge in [-0.1, -0.05) is 31.2 Å². The van der Waals surface area contributed by atoms with Crippen molar-refractivity contribution in [1.82, 2.24) is 5.32 Å². The summed E-state index contributed by atoms with van der Waals surface area (Å²) in [5, 5.41) is 3.07. The van der Waals surface area contributed by atoms with Gasteiger partial charge in [-0.15, -0.1) is 0 Å². The zero-order valence-electron chi connectivity index (χ0n) is 9.71. The number of hydrogen-bond acceptors (Lipinski definition) is 2. The lowest BCUT2D eigenvalue weighted by molar-refractivity contribution is 0.0916. The standard InChI is InChI=1S/C13H19NO/c1-4-11(9-14-3)13(15)12-8-6-5-7-10(12)2/h5-8,11,14H,4,9H2,1-3H3. The Morgan fingerprint density at radius 2 is 2.07 bits per heavy atom. The molecule has 15 heavy (non-hydrogen) atoms. The molecule has 2 heteroatoms. The van der Waals surface area contributed by atoms with Gasteiger partial charge in [-0.2, -0.15) is 0 Å². The fourth-order valence-electron chi connectivity index (χ4n) is 1.74. The van der Waals surface area contributed by atoms with Gasteiger partial charge >= 0.3 is 0 Å². The van der Waals surface area contributed by atoms with Gasteiger partial charge in [0, 0.05) is 18.0 Å². The fraction of sp³-hybridized carbons (Fsp3) is 0.462. The van der Waals surface area contributed by atoms with Gasteiger partial charge in [0.15, 0.2) is 5.78 Å². The van der Waals surface area contributed by atoms with E-state index in [0.29, 0.717) is 0 Å². The predicted octanol–water partition coefficient (Wildman–Crippen LogP) is 2.42. The summed E-state index contributed by atoms with van der Waals surface area (Å²) in [6, 6.07) is 7.78. The summed E-state index contributed by atoms with van der Waals surface area (Å²) in [6.07, 6.45) is 0.883. The van der Waals surface area contributed by atoms with Crippen molar-refractivity contribution < 1.29 is 4.79 Å². The van der Waals surface area contributed by atoms with Crippen LogP contribution in [0, 0.1) is 12.8 Å². The van der Waals surface area contributed by atoms with Gasteiger partial charge in [0.25, 0.3) is 0 Å². The third kappa shape index (κ3) is 2.90. The molecule has 0 aliphatic heterocycles. The van der Waals surface area contributed by atoms with Crippen molar-refractivity contribution in [1.29, 1.82) is 0 Å². The van der Waals surface area contributed by atoms with E-state index in [1.165, 1.54) is 0 Å².